The second kappa shape index (κ2) is 11.4. The molecule has 0 atom stereocenters. The first-order valence-electron chi connectivity index (χ1n) is 14.7. The molecule has 1 aliphatic heterocycles. The molecule has 3 aromatic heterocycles. The molecule has 0 saturated carbocycles. The number of likely N-dealkylation sites (tertiary alicyclic amines) is 1. The van der Waals surface area contributed by atoms with Crippen molar-refractivity contribution in [2.24, 2.45) is 0 Å². The molecule has 7 rings (SSSR count). The maximum Gasteiger partial charge on any atom is 0.420 e. The van der Waals surface area contributed by atoms with Gasteiger partial charge in [-0.25, -0.2) is 0 Å². The van der Waals surface area contributed by atoms with Crippen LogP contribution in [0.15, 0.2) is 96.1 Å². The largest absolute Gasteiger partial charge is 0.483 e. The van der Waals surface area contributed by atoms with E-state index >= 15 is 0 Å². The first-order valence-corrected chi connectivity index (χ1v) is 14.7. The molecule has 1 amide bonds. The molecule has 7 nitrogen and oxygen atoms in total. The van der Waals surface area contributed by atoms with E-state index in [-0.39, 0.29) is 11.6 Å². The Bertz CT molecular complexity index is 2150. The van der Waals surface area contributed by atoms with E-state index in [0.717, 1.165) is 47.4 Å². The van der Waals surface area contributed by atoms with E-state index in [2.05, 4.69) is 9.97 Å². The Kier molecular flexibility index (Phi) is 7.19. The molecule has 1 fully saturated rings. The van der Waals surface area contributed by atoms with E-state index in [4.69, 9.17) is 4.74 Å². The lowest BCUT2D eigenvalue weighted by atomic mass is 10.0. The average molecular weight is 609 g/mol. The van der Waals surface area contributed by atoms with Gasteiger partial charge in [0.15, 0.2) is 6.61 Å². The number of ether oxygens (including phenoxy) is 1. The third-order valence-electron chi connectivity index (χ3n) is 8.23. The minimum atomic E-state index is -4.80. The lowest BCUT2D eigenvalue weighted by Crippen LogP contribution is -2.38. The van der Waals surface area contributed by atoms with Gasteiger partial charge in [-0.1, -0.05) is 24.3 Å². The molecule has 0 bridgehead atoms. The van der Waals surface area contributed by atoms with E-state index in [1.54, 1.807) is 23.4 Å². The second-order valence-electron chi connectivity index (χ2n) is 11.1. The molecule has 45 heavy (non-hydrogen) atoms. The van der Waals surface area contributed by atoms with Crippen molar-refractivity contribution >= 4 is 38.6 Å². The average Bonchev–Trinajstić information content (AvgIpc) is 3.06. The molecule has 10 heteroatoms. The van der Waals surface area contributed by atoms with Crippen LogP contribution in [-0.4, -0.2) is 45.0 Å². The van der Waals surface area contributed by atoms with E-state index in [9.17, 15) is 22.8 Å². The zero-order valence-corrected chi connectivity index (χ0v) is 24.1. The first-order chi connectivity index (χ1) is 21.8. The number of pyridine rings is 3. The van der Waals surface area contributed by atoms with Gasteiger partial charge in [0.25, 0.3) is 11.5 Å². The van der Waals surface area contributed by atoms with E-state index in [1.165, 1.54) is 22.8 Å². The Hall–Kier alpha value is -5.25. The molecular formula is C35H27F3N4O3. The third kappa shape index (κ3) is 5.48. The van der Waals surface area contributed by atoms with Gasteiger partial charge in [-0.3, -0.25) is 24.1 Å². The minimum absolute atomic E-state index is 0.0120. The first kappa shape index (κ1) is 28.5. The van der Waals surface area contributed by atoms with Gasteiger partial charge in [-0.05, 0) is 73.4 Å². The Labute approximate surface area is 255 Å². The normalized spacial score (nSPS) is 13.9. The molecule has 226 valence electrons. The summed E-state index contributed by atoms with van der Waals surface area (Å²) >= 11 is 0. The maximum absolute atomic E-state index is 14.4. The summed E-state index contributed by atoms with van der Waals surface area (Å²) in [5.41, 5.74) is 1.95. The van der Waals surface area contributed by atoms with Crippen LogP contribution < -0.4 is 10.3 Å². The number of aromatic nitrogens is 3. The second-order valence-corrected chi connectivity index (χ2v) is 11.1. The highest BCUT2D eigenvalue weighted by molar-refractivity contribution is 6.05. The summed E-state index contributed by atoms with van der Waals surface area (Å²) in [6, 6.07) is 21.7. The van der Waals surface area contributed by atoms with E-state index < -0.39 is 29.7 Å². The fourth-order valence-electron chi connectivity index (χ4n) is 5.95. The van der Waals surface area contributed by atoms with Crippen LogP contribution >= 0.6 is 0 Å². The van der Waals surface area contributed by atoms with Crippen molar-refractivity contribution < 1.29 is 22.7 Å². The summed E-state index contributed by atoms with van der Waals surface area (Å²) in [4.78, 5) is 36.7. The van der Waals surface area contributed by atoms with Crippen LogP contribution in [0.3, 0.4) is 0 Å². The molecule has 0 radical (unpaired) electrons. The quantitative estimate of drug-likeness (QED) is 0.194. The van der Waals surface area contributed by atoms with Crippen LogP contribution in [-0.2, 0) is 11.0 Å². The number of halogens is 3. The summed E-state index contributed by atoms with van der Waals surface area (Å²) in [5.74, 6) is -0.823. The standard InChI is InChI=1S/C35H27F3N4O3/c36-35(37,38)28-18-26(10-12-31(28)45-21-33(44)41-14-4-1-5-15-41)42-32(43)13-9-24-19-40-30-11-8-22(17-27(30)34(24)42)25-16-23-6-2-3-7-29(23)39-20-25/h2-3,6-13,16-20H,1,4-5,14-15,21H2. The zero-order valence-electron chi connectivity index (χ0n) is 24.1. The van der Waals surface area contributed by atoms with Crippen LogP contribution in [0.5, 0.6) is 5.75 Å². The minimum Gasteiger partial charge on any atom is -0.483 e. The molecule has 6 aromatic rings. The van der Waals surface area contributed by atoms with Gasteiger partial charge in [-0.15, -0.1) is 0 Å². The smallest absolute Gasteiger partial charge is 0.420 e. The van der Waals surface area contributed by atoms with Crippen LogP contribution in [0.1, 0.15) is 24.8 Å². The number of alkyl halides is 3. The number of benzene rings is 3. The van der Waals surface area contributed by atoms with Crippen molar-refractivity contribution in [2.75, 3.05) is 19.7 Å². The van der Waals surface area contributed by atoms with Gasteiger partial charge in [0.2, 0.25) is 0 Å². The van der Waals surface area contributed by atoms with Gasteiger partial charge in [0, 0.05) is 53.3 Å². The van der Waals surface area contributed by atoms with E-state index in [1.807, 2.05) is 48.5 Å². The Morgan fingerprint density at radius 1 is 0.800 bits per heavy atom. The number of nitrogens with zero attached hydrogens (tertiary/aromatic N) is 4. The Morgan fingerprint density at radius 3 is 2.42 bits per heavy atom. The van der Waals surface area contributed by atoms with Gasteiger partial charge in [0.1, 0.15) is 5.75 Å². The van der Waals surface area contributed by atoms with Gasteiger partial charge in [0.05, 0.1) is 27.8 Å². The fraction of sp³-hybridized carbons (Fsp3) is 0.200. The molecule has 0 aliphatic carbocycles. The fourth-order valence-corrected chi connectivity index (χ4v) is 5.95. The lowest BCUT2D eigenvalue weighted by Gasteiger charge is -2.26. The van der Waals surface area contributed by atoms with E-state index in [0.29, 0.717) is 34.9 Å². The monoisotopic (exact) mass is 608 g/mol. The molecule has 4 heterocycles. The van der Waals surface area contributed by atoms with Crippen LogP contribution in [0, 0.1) is 0 Å². The summed E-state index contributed by atoms with van der Waals surface area (Å²) in [7, 11) is 0. The Balaban J connectivity index is 1.34. The number of piperidine rings is 1. The molecule has 1 aliphatic rings. The highest BCUT2D eigenvalue weighted by Gasteiger charge is 2.35. The number of carbonyl (C=O) groups is 1. The van der Waals surface area contributed by atoms with Crippen LogP contribution in [0.4, 0.5) is 13.2 Å². The zero-order chi connectivity index (χ0) is 31.1. The van der Waals surface area contributed by atoms with Crippen LogP contribution in [0.2, 0.25) is 0 Å². The topological polar surface area (TPSA) is 77.3 Å². The summed E-state index contributed by atoms with van der Waals surface area (Å²) in [6.07, 6.45) is 1.30. The van der Waals surface area contributed by atoms with Crippen molar-refractivity contribution in [3.05, 3.63) is 107 Å². The van der Waals surface area contributed by atoms with Crippen molar-refractivity contribution in [2.45, 2.75) is 25.4 Å². The van der Waals surface area contributed by atoms with Gasteiger partial charge >= 0.3 is 6.18 Å². The van der Waals surface area contributed by atoms with Crippen molar-refractivity contribution in [1.82, 2.24) is 19.4 Å². The molecule has 1 saturated heterocycles. The molecule has 0 unspecified atom stereocenters. The molecule has 0 N–H and O–H groups in total. The molecule has 0 spiro atoms. The highest BCUT2D eigenvalue weighted by Crippen LogP contribution is 2.38. The number of rotatable bonds is 5. The van der Waals surface area contributed by atoms with Crippen molar-refractivity contribution in [3.8, 4) is 22.6 Å². The summed E-state index contributed by atoms with van der Waals surface area (Å²) < 4.78 is 49.8. The third-order valence-corrected chi connectivity index (χ3v) is 8.23. The SMILES string of the molecule is O=C(COc1ccc(-n2c(=O)ccc3cnc4ccc(-c5cnc6ccccc6c5)cc4c32)cc1C(F)(F)F)N1CCCCC1. The summed E-state index contributed by atoms with van der Waals surface area (Å²) in [5, 5.41) is 2.14. The summed E-state index contributed by atoms with van der Waals surface area (Å²) in [6.45, 7) is 0.637. The maximum atomic E-state index is 14.4. The van der Waals surface area contributed by atoms with Gasteiger partial charge in [-0.2, -0.15) is 13.2 Å². The molecule has 3 aromatic carbocycles. The number of para-hydroxylation sites is 1. The number of carbonyl (C=O) groups excluding carboxylic acids is 1. The van der Waals surface area contributed by atoms with Crippen molar-refractivity contribution in [1.29, 1.82) is 0 Å². The number of hydrogen-bond donors (Lipinski definition) is 0. The lowest BCUT2D eigenvalue weighted by molar-refractivity contribution is -0.141. The highest BCUT2D eigenvalue weighted by atomic mass is 19.4. The molecular weight excluding hydrogens is 581 g/mol. The predicted molar refractivity (Wildman–Crippen MR) is 167 cm³/mol. The predicted octanol–water partition coefficient (Wildman–Crippen LogP) is 7.16. The van der Waals surface area contributed by atoms with Gasteiger partial charge < -0.3 is 9.64 Å². The Morgan fingerprint density at radius 2 is 1.60 bits per heavy atom. The number of hydrogen-bond acceptors (Lipinski definition) is 5. The van der Waals surface area contributed by atoms with Crippen LogP contribution in [0.25, 0.3) is 49.5 Å². The van der Waals surface area contributed by atoms with Crippen molar-refractivity contribution in [3.63, 3.8) is 0 Å². The number of amides is 1. The number of fused-ring (bicyclic) bond motifs is 4.